The van der Waals surface area contributed by atoms with Crippen molar-refractivity contribution in [1.29, 1.82) is 0 Å². The third-order valence-electron chi connectivity index (χ3n) is 3.77. The summed E-state index contributed by atoms with van der Waals surface area (Å²) in [7, 11) is 0. The quantitative estimate of drug-likeness (QED) is 0.778. The first-order valence-corrected chi connectivity index (χ1v) is 6.99. The smallest absolute Gasteiger partial charge is 0.248 e. The number of amides is 2. The van der Waals surface area contributed by atoms with Crippen molar-refractivity contribution in [2.45, 2.75) is 32.2 Å². The summed E-state index contributed by atoms with van der Waals surface area (Å²) in [5.74, 6) is -0.0343. The van der Waals surface area contributed by atoms with Crippen LogP contribution in [0, 0.1) is 5.92 Å². The largest absolute Gasteiger partial charge is 0.366 e. The monoisotopic (exact) mass is 275 g/mol. The second-order valence-corrected chi connectivity index (χ2v) is 5.38. The van der Waals surface area contributed by atoms with Crippen LogP contribution in [0.1, 0.15) is 36.5 Å². The molecule has 5 heteroatoms. The number of carbonyl (C=O) groups is 2. The third-order valence-corrected chi connectivity index (χ3v) is 3.77. The van der Waals surface area contributed by atoms with E-state index in [1.165, 1.54) is 6.42 Å². The van der Waals surface area contributed by atoms with Crippen molar-refractivity contribution < 1.29 is 9.59 Å². The number of nitrogens with two attached hydrogens (primary N) is 1. The molecule has 1 fully saturated rings. The van der Waals surface area contributed by atoms with Gasteiger partial charge in [-0.15, -0.1) is 0 Å². The van der Waals surface area contributed by atoms with E-state index in [9.17, 15) is 9.59 Å². The number of nitrogens with one attached hydrogen (secondary N) is 2. The molecule has 0 radical (unpaired) electrons. The van der Waals surface area contributed by atoms with Crippen molar-refractivity contribution >= 4 is 17.5 Å². The number of anilines is 1. The van der Waals surface area contributed by atoms with Gasteiger partial charge in [0.25, 0.3) is 0 Å². The van der Waals surface area contributed by atoms with E-state index in [0.29, 0.717) is 23.6 Å². The molecule has 0 aromatic heterocycles. The van der Waals surface area contributed by atoms with E-state index in [4.69, 9.17) is 5.73 Å². The van der Waals surface area contributed by atoms with Gasteiger partial charge in [0.1, 0.15) is 0 Å². The summed E-state index contributed by atoms with van der Waals surface area (Å²) >= 11 is 0. The lowest BCUT2D eigenvalue weighted by atomic mass is 9.90. The molecule has 20 heavy (non-hydrogen) atoms. The summed E-state index contributed by atoms with van der Waals surface area (Å²) in [6, 6.07) is 6.91. The summed E-state index contributed by atoms with van der Waals surface area (Å²) in [4.78, 5) is 23.1. The van der Waals surface area contributed by atoms with E-state index in [-0.39, 0.29) is 11.9 Å². The second kappa shape index (κ2) is 6.52. The van der Waals surface area contributed by atoms with Crippen LogP contribution in [-0.4, -0.2) is 24.4 Å². The van der Waals surface area contributed by atoms with E-state index in [1.54, 1.807) is 24.3 Å². The maximum Gasteiger partial charge on any atom is 0.248 e. The van der Waals surface area contributed by atoms with Gasteiger partial charge >= 0.3 is 0 Å². The molecule has 108 valence electrons. The molecule has 2 unspecified atom stereocenters. The van der Waals surface area contributed by atoms with Crippen molar-refractivity contribution in [2.24, 2.45) is 11.7 Å². The predicted octanol–water partition coefficient (Wildman–Crippen LogP) is 1.50. The first-order chi connectivity index (χ1) is 9.56. The van der Waals surface area contributed by atoms with Crippen LogP contribution in [0.4, 0.5) is 5.69 Å². The van der Waals surface area contributed by atoms with Crippen molar-refractivity contribution in [2.75, 3.05) is 11.9 Å². The number of primary amides is 1. The molecule has 4 N–H and O–H groups in total. The van der Waals surface area contributed by atoms with Gasteiger partial charge in [0.2, 0.25) is 11.8 Å². The van der Waals surface area contributed by atoms with Crippen LogP contribution in [0.2, 0.25) is 0 Å². The highest BCUT2D eigenvalue weighted by Gasteiger charge is 2.23. The molecule has 0 aliphatic carbocycles. The molecule has 0 bridgehead atoms. The molecule has 1 saturated heterocycles. The van der Waals surface area contributed by atoms with E-state index >= 15 is 0 Å². The van der Waals surface area contributed by atoms with Gasteiger partial charge < -0.3 is 16.4 Å². The first-order valence-electron chi connectivity index (χ1n) is 6.99. The van der Waals surface area contributed by atoms with Crippen LogP contribution in [-0.2, 0) is 4.79 Å². The lowest BCUT2D eigenvalue weighted by Gasteiger charge is -2.29. The minimum Gasteiger partial charge on any atom is -0.366 e. The molecule has 1 aromatic rings. The van der Waals surface area contributed by atoms with Crippen LogP contribution in [0.5, 0.6) is 0 Å². The molecule has 0 saturated carbocycles. The van der Waals surface area contributed by atoms with Gasteiger partial charge in [-0.1, -0.05) is 13.0 Å². The molecule has 2 atom stereocenters. The van der Waals surface area contributed by atoms with Crippen LogP contribution in [0.25, 0.3) is 0 Å². The van der Waals surface area contributed by atoms with Gasteiger partial charge in [0.05, 0.1) is 0 Å². The van der Waals surface area contributed by atoms with E-state index in [1.807, 2.05) is 0 Å². The average Bonchev–Trinajstić information content (AvgIpc) is 2.41. The Labute approximate surface area is 118 Å². The normalized spacial score (nSPS) is 22.2. The fourth-order valence-corrected chi connectivity index (χ4v) is 2.55. The third kappa shape index (κ3) is 3.81. The van der Waals surface area contributed by atoms with Crippen LogP contribution >= 0.6 is 0 Å². The highest BCUT2D eigenvalue weighted by atomic mass is 16.2. The van der Waals surface area contributed by atoms with Gasteiger partial charge in [-0.3, -0.25) is 9.59 Å². The Morgan fingerprint density at radius 3 is 2.95 bits per heavy atom. The Morgan fingerprint density at radius 2 is 2.25 bits per heavy atom. The fraction of sp³-hybridized carbons (Fsp3) is 0.467. The lowest BCUT2D eigenvalue weighted by molar-refractivity contribution is -0.117. The SMILES string of the molecule is CC1CCCNC1CC(=O)Nc1cccc(C(N)=O)c1. The highest BCUT2D eigenvalue weighted by molar-refractivity contribution is 5.96. The minimum atomic E-state index is -0.497. The van der Waals surface area contributed by atoms with Crippen molar-refractivity contribution in [3.63, 3.8) is 0 Å². The molecule has 5 nitrogen and oxygen atoms in total. The zero-order chi connectivity index (χ0) is 14.5. The number of benzene rings is 1. The van der Waals surface area contributed by atoms with Gasteiger partial charge in [-0.25, -0.2) is 0 Å². The molecule has 2 rings (SSSR count). The summed E-state index contributed by atoms with van der Waals surface area (Å²) in [6.45, 7) is 3.14. The van der Waals surface area contributed by atoms with E-state index in [2.05, 4.69) is 17.6 Å². The lowest BCUT2D eigenvalue weighted by Crippen LogP contribution is -2.42. The highest BCUT2D eigenvalue weighted by Crippen LogP contribution is 2.19. The number of rotatable bonds is 4. The second-order valence-electron chi connectivity index (χ2n) is 5.38. The van der Waals surface area contributed by atoms with E-state index < -0.39 is 5.91 Å². The van der Waals surface area contributed by atoms with E-state index in [0.717, 1.165) is 13.0 Å². The number of hydrogen-bond donors (Lipinski definition) is 3. The molecule has 2 amide bonds. The van der Waals surface area contributed by atoms with Crippen molar-refractivity contribution in [3.8, 4) is 0 Å². The number of hydrogen-bond acceptors (Lipinski definition) is 3. The van der Waals surface area contributed by atoms with Gasteiger partial charge in [-0.05, 0) is 43.5 Å². The Hall–Kier alpha value is -1.88. The van der Waals surface area contributed by atoms with Crippen molar-refractivity contribution in [3.05, 3.63) is 29.8 Å². The molecule has 1 aliphatic heterocycles. The Kier molecular flexibility index (Phi) is 4.74. The van der Waals surface area contributed by atoms with Crippen molar-refractivity contribution in [1.82, 2.24) is 5.32 Å². The Bertz CT molecular complexity index is 502. The number of piperidine rings is 1. The maximum absolute atomic E-state index is 12.0. The molecule has 0 spiro atoms. The molecule has 1 heterocycles. The minimum absolute atomic E-state index is 0.0436. The Balaban J connectivity index is 1.94. The first kappa shape index (κ1) is 14.5. The Morgan fingerprint density at radius 1 is 1.45 bits per heavy atom. The predicted molar refractivity (Wildman–Crippen MR) is 78.4 cm³/mol. The maximum atomic E-state index is 12.0. The zero-order valence-corrected chi connectivity index (χ0v) is 11.7. The fourth-order valence-electron chi connectivity index (χ4n) is 2.55. The van der Waals surface area contributed by atoms with Crippen LogP contribution < -0.4 is 16.4 Å². The summed E-state index contributed by atoms with van der Waals surface area (Å²) in [6.07, 6.45) is 2.77. The van der Waals surface area contributed by atoms with Gasteiger partial charge in [0.15, 0.2) is 0 Å². The topological polar surface area (TPSA) is 84.2 Å². The standard InChI is InChI=1S/C15H21N3O2/c1-10-4-3-7-17-13(10)9-14(19)18-12-6-2-5-11(8-12)15(16)20/h2,5-6,8,10,13,17H,3-4,7,9H2,1H3,(H2,16,20)(H,18,19). The molecule has 1 aliphatic rings. The van der Waals surface area contributed by atoms with Crippen LogP contribution in [0.3, 0.4) is 0 Å². The molecular weight excluding hydrogens is 254 g/mol. The van der Waals surface area contributed by atoms with Gasteiger partial charge in [-0.2, -0.15) is 0 Å². The number of carbonyl (C=O) groups excluding carboxylic acids is 2. The van der Waals surface area contributed by atoms with Gasteiger partial charge in [0, 0.05) is 23.7 Å². The average molecular weight is 275 g/mol. The van der Waals surface area contributed by atoms with Crippen LogP contribution in [0.15, 0.2) is 24.3 Å². The summed E-state index contributed by atoms with van der Waals surface area (Å²) < 4.78 is 0. The molecule has 1 aromatic carbocycles. The summed E-state index contributed by atoms with van der Waals surface area (Å²) in [5.41, 5.74) is 6.22. The molecular formula is C15H21N3O2. The zero-order valence-electron chi connectivity index (χ0n) is 11.7. The summed E-state index contributed by atoms with van der Waals surface area (Å²) in [5, 5.41) is 6.20.